The molecule has 10 nitrogen and oxygen atoms in total. The molecule has 0 bridgehead atoms. The number of hydrogen-bond acceptors (Lipinski definition) is 9. The minimum absolute atomic E-state index is 0. The molecule has 2 aromatic rings. The van der Waals surface area contributed by atoms with E-state index < -0.39 is 5.91 Å². The molecule has 1 N–H and O–H groups in total. The van der Waals surface area contributed by atoms with Crippen LogP contribution in [0.25, 0.3) is 16.8 Å². The average molecular weight is 600 g/mol. The SMILES string of the molecule is C.COCCOCCOCCOCCOCCOCCNC(=O)/C(C#N)=C/c1ccc2cc(N3CCCCC3)ccc2c1. The van der Waals surface area contributed by atoms with Crippen LogP contribution in [0.1, 0.15) is 32.3 Å². The molecule has 0 spiro atoms. The summed E-state index contributed by atoms with van der Waals surface area (Å²) in [6.07, 6.45) is 5.40. The second-order valence-electron chi connectivity index (χ2n) is 9.82. The molecule has 0 unspecified atom stereocenters. The van der Waals surface area contributed by atoms with Gasteiger partial charge in [-0.05, 0) is 59.9 Å². The Labute approximate surface area is 256 Å². The maximum absolute atomic E-state index is 12.5. The zero-order valence-corrected chi connectivity index (χ0v) is 24.8. The van der Waals surface area contributed by atoms with Gasteiger partial charge in [-0.15, -0.1) is 0 Å². The third-order valence-electron chi connectivity index (χ3n) is 6.70. The predicted octanol–water partition coefficient (Wildman–Crippen LogP) is 4.22. The van der Waals surface area contributed by atoms with Crippen LogP contribution in [0, 0.1) is 11.3 Å². The summed E-state index contributed by atoms with van der Waals surface area (Å²) in [6.45, 7) is 7.82. The average Bonchev–Trinajstić information content (AvgIpc) is 3.03. The molecule has 0 atom stereocenters. The summed E-state index contributed by atoms with van der Waals surface area (Å²) < 4.78 is 32.0. The fourth-order valence-corrected chi connectivity index (χ4v) is 4.46. The lowest BCUT2D eigenvalue weighted by molar-refractivity contribution is -0.117. The number of carbonyl (C=O) groups excluding carboxylic acids is 1. The first-order chi connectivity index (χ1) is 20.7. The van der Waals surface area contributed by atoms with E-state index in [0.29, 0.717) is 79.2 Å². The van der Waals surface area contributed by atoms with Gasteiger partial charge in [0.1, 0.15) is 11.6 Å². The van der Waals surface area contributed by atoms with Gasteiger partial charge >= 0.3 is 0 Å². The molecule has 1 aliphatic heterocycles. The molecule has 43 heavy (non-hydrogen) atoms. The summed E-state index contributed by atoms with van der Waals surface area (Å²) in [4.78, 5) is 14.9. The van der Waals surface area contributed by atoms with Crippen LogP contribution in [0.4, 0.5) is 5.69 Å². The van der Waals surface area contributed by atoms with Crippen molar-refractivity contribution in [2.75, 3.05) is 104 Å². The van der Waals surface area contributed by atoms with Crippen molar-refractivity contribution >= 4 is 28.4 Å². The lowest BCUT2D eigenvalue weighted by Gasteiger charge is -2.29. The van der Waals surface area contributed by atoms with Gasteiger partial charge < -0.3 is 38.6 Å². The maximum atomic E-state index is 12.5. The molecule has 3 rings (SSSR count). The first-order valence-corrected chi connectivity index (χ1v) is 14.8. The molecule has 0 aromatic heterocycles. The highest BCUT2D eigenvalue weighted by Gasteiger charge is 2.12. The number of ether oxygens (including phenoxy) is 6. The molecule has 0 saturated carbocycles. The predicted molar refractivity (Wildman–Crippen MR) is 169 cm³/mol. The Morgan fingerprint density at radius 1 is 0.791 bits per heavy atom. The van der Waals surface area contributed by atoms with E-state index in [1.165, 1.54) is 24.9 Å². The molecule has 1 saturated heterocycles. The smallest absolute Gasteiger partial charge is 0.262 e. The third kappa shape index (κ3) is 14.3. The topological polar surface area (TPSA) is 112 Å². The zero-order valence-electron chi connectivity index (χ0n) is 24.8. The standard InChI is InChI=1S/C32H45N3O7.CH4/c1-37-13-14-39-17-18-41-21-22-42-20-19-40-16-15-38-12-9-34-32(36)30(26-33)24-27-5-6-29-25-31(8-7-28(29)23-27)35-10-3-2-4-11-35;/h5-8,23-25H,2-4,9-22H2,1H3,(H,34,36);1H4/b30-24+;. The van der Waals surface area contributed by atoms with Crippen LogP contribution in [0.5, 0.6) is 0 Å². The van der Waals surface area contributed by atoms with Crippen molar-refractivity contribution in [1.29, 1.82) is 5.26 Å². The van der Waals surface area contributed by atoms with Gasteiger partial charge in [0.2, 0.25) is 0 Å². The molecule has 1 heterocycles. The number of methoxy groups -OCH3 is 1. The van der Waals surface area contributed by atoms with Gasteiger partial charge in [0.15, 0.2) is 0 Å². The van der Waals surface area contributed by atoms with E-state index in [0.717, 1.165) is 29.4 Å². The van der Waals surface area contributed by atoms with Crippen molar-refractivity contribution in [3.8, 4) is 6.07 Å². The van der Waals surface area contributed by atoms with E-state index in [2.05, 4.69) is 28.4 Å². The number of anilines is 1. The Morgan fingerprint density at radius 2 is 1.33 bits per heavy atom. The molecule has 10 heteroatoms. The Kier molecular flexibility index (Phi) is 18.9. The monoisotopic (exact) mass is 599 g/mol. The number of benzene rings is 2. The number of rotatable bonds is 21. The number of nitrogens with one attached hydrogen (secondary N) is 1. The number of piperidine rings is 1. The Balaban J connectivity index is 0.00000645. The highest BCUT2D eigenvalue weighted by molar-refractivity contribution is 6.02. The Hall–Kier alpha value is -3.04. The normalized spacial score (nSPS) is 13.5. The summed E-state index contributed by atoms with van der Waals surface area (Å²) in [5.41, 5.74) is 2.12. The first-order valence-electron chi connectivity index (χ1n) is 14.8. The van der Waals surface area contributed by atoms with Gasteiger partial charge in [-0.1, -0.05) is 25.6 Å². The van der Waals surface area contributed by atoms with Crippen LogP contribution >= 0.6 is 0 Å². The molecule has 2 aromatic carbocycles. The van der Waals surface area contributed by atoms with E-state index in [9.17, 15) is 10.1 Å². The molecule has 0 radical (unpaired) electrons. The lowest BCUT2D eigenvalue weighted by atomic mass is 10.0. The van der Waals surface area contributed by atoms with Gasteiger partial charge in [-0.3, -0.25) is 4.79 Å². The van der Waals surface area contributed by atoms with Crippen LogP contribution < -0.4 is 10.2 Å². The van der Waals surface area contributed by atoms with E-state index in [4.69, 9.17) is 28.4 Å². The fourth-order valence-electron chi connectivity index (χ4n) is 4.46. The van der Waals surface area contributed by atoms with Crippen molar-refractivity contribution in [3.63, 3.8) is 0 Å². The van der Waals surface area contributed by atoms with Crippen LogP contribution in [0.2, 0.25) is 0 Å². The number of nitriles is 1. The van der Waals surface area contributed by atoms with Gasteiger partial charge in [0, 0.05) is 32.4 Å². The molecule has 1 fully saturated rings. The van der Waals surface area contributed by atoms with Crippen molar-refractivity contribution in [3.05, 3.63) is 47.5 Å². The minimum Gasteiger partial charge on any atom is -0.382 e. The zero-order chi connectivity index (χ0) is 29.7. The number of nitrogens with zero attached hydrogens (tertiary/aromatic N) is 2. The summed E-state index contributed by atoms with van der Waals surface area (Å²) in [7, 11) is 1.64. The van der Waals surface area contributed by atoms with E-state index >= 15 is 0 Å². The second-order valence-corrected chi connectivity index (χ2v) is 9.82. The van der Waals surface area contributed by atoms with Crippen LogP contribution in [0.3, 0.4) is 0 Å². The number of carbonyl (C=O) groups is 1. The second kappa shape index (κ2) is 22.5. The molecular formula is C33H49N3O7. The fraction of sp³-hybridized carbons (Fsp3) is 0.576. The lowest BCUT2D eigenvalue weighted by Crippen LogP contribution is -2.29. The van der Waals surface area contributed by atoms with Gasteiger partial charge in [-0.2, -0.15) is 5.26 Å². The largest absolute Gasteiger partial charge is 0.382 e. The Bertz CT molecular complexity index is 1130. The van der Waals surface area contributed by atoms with E-state index in [-0.39, 0.29) is 13.0 Å². The summed E-state index contributed by atoms with van der Waals surface area (Å²) in [5.74, 6) is -0.419. The van der Waals surface area contributed by atoms with Crippen molar-refractivity contribution < 1.29 is 33.2 Å². The van der Waals surface area contributed by atoms with Crippen molar-refractivity contribution in [2.24, 2.45) is 0 Å². The molecule has 0 aliphatic carbocycles. The highest BCUT2D eigenvalue weighted by Crippen LogP contribution is 2.26. The summed E-state index contributed by atoms with van der Waals surface area (Å²) in [6, 6.07) is 14.5. The summed E-state index contributed by atoms with van der Waals surface area (Å²) >= 11 is 0. The Morgan fingerprint density at radius 3 is 1.91 bits per heavy atom. The minimum atomic E-state index is -0.419. The molecule has 1 amide bonds. The summed E-state index contributed by atoms with van der Waals surface area (Å²) in [5, 5.41) is 14.5. The van der Waals surface area contributed by atoms with Crippen LogP contribution in [-0.2, 0) is 33.2 Å². The van der Waals surface area contributed by atoms with Crippen molar-refractivity contribution in [1.82, 2.24) is 5.32 Å². The van der Waals surface area contributed by atoms with Gasteiger partial charge in [-0.25, -0.2) is 0 Å². The molecule has 1 aliphatic rings. The molecule has 238 valence electrons. The number of fused-ring (bicyclic) bond motifs is 1. The van der Waals surface area contributed by atoms with Crippen molar-refractivity contribution in [2.45, 2.75) is 26.7 Å². The molecular weight excluding hydrogens is 550 g/mol. The van der Waals surface area contributed by atoms with Gasteiger partial charge in [0.25, 0.3) is 5.91 Å². The maximum Gasteiger partial charge on any atom is 0.262 e. The van der Waals surface area contributed by atoms with E-state index in [1.807, 2.05) is 24.3 Å². The quantitative estimate of drug-likeness (QED) is 0.128. The van der Waals surface area contributed by atoms with E-state index in [1.54, 1.807) is 13.2 Å². The van der Waals surface area contributed by atoms with Crippen LogP contribution in [-0.4, -0.2) is 105 Å². The van der Waals surface area contributed by atoms with Crippen LogP contribution in [0.15, 0.2) is 42.0 Å². The number of hydrogen-bond donors (Lipinski definition) is 1. The number of amides is 1. The highest BCUT2D eigenvalue weighted by atomic mass is 16.6. The third-order valence-corrected chi connectivity index (χ3v) is 6.70. The van der Waals surface area contributed by atoms with Gasteiger partial charge in [0.05, 0.1) is 72.7 Å². The first kappa shape index (κ1) is 36.2.